The van der Waals surface area contributed by atoms with Gasteiger partial charge in [-0.2, -0.15) is 0 Å². The number of amides is 1. The number of methoxy groups -OCH3 is 2. The fourth-order valence-corrected chi connectivity index (χ4v) is 5.12. The maximum absolute atomic E-state index is 13.1. The summed E-state index contributed by atoms with van der Waals surface area (Å²) in [6, 6.07) is 5.35. The summed E-state index contributed by atoms with van der Waals surface area (Å²) in [4.78, 5) is 38.6. The quantitative estimate of drug-likeness (QED) is 0.505. The Labute approximate surface area is 195 Å². The number of benzene rings is 1. The molecule has 0 spiro atoms. The standard InChI is InChI=1S/C23H24N4O5S/c1-6-23(7-2)18-17(14-9-8-13(12(3)28)10-15(14)32-23)26-22(33-18)27-19(29)16-20(30-4)24-11-25-21(16)31-5/h8-11H,6-7H2,1-5H3,(H,26,27,29). The first kappa shape index (κ1) is 22.7. The van der Waals surface area contributed by atoms with Crippen molar-refractivity contribution < 1.29 is 23.8 Å². The number of nitrogens with zero attached hydrogens (tertiary/aromatic N) is 3. The average molecular weight is 469 g/mol. The molecule has 1 N–H and O–H groups in total. The largest absolute Gasteiger partial charge is 0.481 e. The van der Waals surface area contributed by atoms with Crippen molar-refractivity contribution in [2.24, 2.45) is 0 Å². The lowest BCUT2D eigenvalue weighted by Gasteiger charge is -2.36. The molecule has 0 bridgehead atoms. The lowest BCUT2D eigenvalue weighted by Crippen LogP contribution is -2.34. The number of thiazole rings is 1. The molecule has 0 saturated carbocycles. The number of Topliss-reactive ketones (excluding diaryl/α,β-unsaturated/α-hetero) is 1. The second-order valence-electron chi connectivity index (χ2n) is 7.49. The van der Waals surface area contributed by atoms with Gasteiger partial charge in [0.25, 0.3) is 5.91 Å². The van der Waals surface area contributed by atoms with Crippen LogP contribution in [0.1, 0.15) is 59.2 Å². The topological polar surface area (TPSA) is 113 Å². The number of carbonyl (C=O) groups is 2. The maximum atomic E-state index is 13.1. The fourth-order valence-electron chi connectivity index (χ4n) is 3.88. The van der Waals surface area contributed by atoms with E-state index >= 15 is 0 Å². The van der Waals surface area contributed by atoms with E-state index in [9.17, 15) is 9.59 Å². The van der Waals surface area contributed by atoms with Crippen molar-refractivity contribution in [2.45, 2.75) is 39.2 Å². The molecule has 0 unspecified atom stereocenters. The highest BCUT2D eigenvalue weighted by molar-refractivity contribution is 7.16. The number of ketones is 1. The van der Waals surface area contributed by atoms with Gasteiger partial charge >= 0.3 is 0 Å². The van der Waals surface area contributed by atoms with Gasteiger partial charge in [-0.05, 0) is 31.9 Å². The Kier molecular flexibility index (Phi) is 6.03. The van der Waals surface area contributed by atoms with Crippen molar-refractivity contribution in [1.29, 1.82) is 0 Å². The highest BCUT2D eigenvalue weighted by Gasteiger charge is 2.41. The Morgan fingerprint density at radius 1 is 1.12 bits per heavy atom. The van der Waals surface area contributed by atoms with Gasteiger partial charge in [0, 0.05) is 11.1 Å². The van der Waals surface area contributed by atoms with Gasteiger partial charge in [-0.25, -0.2) is 15.0 Å². The molecule has 10 heteroatoms. The Bertz CT molecular complexity index is 1210. The van der Waals surface area contributed by atoms with Gasteiger partial charge in [0.1, 0.15) is 17.7 Å². The molecule has 0 saturated heterocycles. The summed E-state index contributed by atoms with van der Waals surface area (Å²) in [6.07, 6.45) is 2.66. The van der Waals surface area contributed by atoms with Gasteiger partial charge in [0.05, 0.1) is 24.8 Å². The number of nitrogens with one attached hydrogen (secondary N) is 1. The van der Waals surface area contributed by atoms with Crippen molar-refractivity contribution in [2.75, 3.05) is 19.5 Å². The van der Waals surface area contributed by atoms with Crippen LogP contribution in [0.5, 0.6) is 17.5 Å². The van der Waals surface area contributed by atoms with E-state index in [0.29, 0.717) is 29.3 Å². The van der Waals surface area contributed by atoms with Gasteiger partial charge in [0.15, 0.2) is 16.5 Å². The van der Waals surface area contributed by atoms with E-state index in [0.717, 1.165) is 16.1 Å². The molecule has 0 radical (unpaired) electrons. The van der Waals surface area contributed by atoms with Crippen molar-refractivity contribution >= 4 is 28.2 Å². The lowest BCUT2D eigenvalue weighted by atomic mass is 9.88. The Morgan fingerprint density at radius 2 is 1.79 bits per heavy atom. The molecular formula is C23H24N4O5S. The van der Waals surface area contributed by atoms with Crippen molar-refractivity contribution in [3.8, 4) is 28.8 Å². The maximum Gasteiger partial charge on any atom is 0.268 e. The van der Waals surface area contributed by atoms with Crippen LogP contribution in [0.2, 0.25) is 0 Å². The first-order valence-electron chi connectivity index (χ1n) is 10.5. The van der Waals surface area contributed by atoms with Crippen LogP contribution < -0.4 is 19.5 Å². The monoisotopic (exact) mass is 468 g/mol. The molecule has 1 aliphatic heterocycles. The van der Waals surface area contributed by atoms with E-state index in [1.807, 2.05) is 19.9 Å². The highest BCUT2D eigenvalue weighted by atomic mass is 32.1. The number of ether oxygens (including phenoxy) is 3. The summed E-state index contributed by atoms with van der Waals surface area (Å²) in [5, 5.41) is 3.23. The predicted octanol–water partition coefficient (Wildman–Crippen LogP) is 4.48. The van der Waals surface area contributed by atoms with Crippen molar-refractivity contribution in [3.63, 3.8) is 0 Å². The second kappa shape index (κ2) is 8.78. The highest BCUT2D eigenvalue weighted by Crippen LogP contribution is 2.51. The van der Waals surface area contributed by atoms with Gasteiger partial charge in [-0.3, -0.25) is 14.9 Å². The summed E-state index contributed by atoms with van der Waals surface area (Å²) in [6.45, 7) is 5.61. The molecule has 3 heterocycles. The summed E-state index contributed by atoms with van der Waals surface area (Å²) in [5.74, 6) is 0.277. The van der Waals surface area contributed by atoms with E-state index in [4.69, 9.17) is 19.2 Å². The van der Waals surface area contributed by atoms with Crippen LogP contribution in [0, 0.1) is 0 Å². The van der Waals surface area contributed by atoms with Crippen LogP contribution in [-0.2, 0) is 5.60 Å². The first-order valence-corrected chi connectivity index (χ1v) is 11.3. The number of fused-ring (bicyclic) bond motifs is 3. The predicted molar refractivity (Wildman–Crippen MR) is 124 cm³/mol. The van der Waals surface area contributed by atoms with Gasteiger partial charge in [0.2, 0.25) is 11.8 Å². The van der Waals surface area contributed by atoms with Crippen molar-refractivity contribution in [1.82, 2.24) is 15.0 Å². The zero-order valence-electron chi connectivity index (χ0n) is 19.0. The summed E-state index contributed by atoms with van der Waals surface area (Å²) >= 11 is 1.36. The van der Waals surface area contributed by atoms with Gasteiger partial charge in [-0.15, -0.1) is 0 Å². The molecule has 3 aromatic rings. The number of rotatable bonds is 7. The molecule has 4 rings (SSSR count). The van der Waals surface area contributed by atoms with Crippen LogP contribution in [-0.4, -0.2) is 40.9 Å². The van der Waals surface area contributed by atoms with Gasteiger partial charge in [-0.1, -0.05) is 31.3 Å². The number of hydrogen-bond donors (Lipinski definition) is 1. The molecule has 2 aromatic heterocycles. The minimum Gasteiger partial charge on any atom is -0.481 e. The minimum absolute atomic E-state index is 0.0370. The van der Waals surface area contributed by atoms with Crippen LogP contribution in [0.25, 0.3) is 11.3 Å². The van der Waals surface area contributed by atoms with Gasteiger partial charge < -0.3 is 14.2 Å². The smallest absolute Gasteiger partial charge is 0.268 e. The first-order chi connectivity index (χ1) is 15.9. The third kappa shape index (κ3) is 3.80. The molecule has 1 aromatic carbocycles. The fraction of sp³-hybridized carbons (Fsp3) is 0.348. The average Bonchev–Trinajstić information content (AvgIpc) is 3.26. The third-order valence-electron chi connectivity index (χ3n) is 5.74. The summed E-state index contributed by atoms with van der Waals surface area (Å²) in [7, 11) is 2.84. The third-order valence-corrected chi connectivity index (χ3v) is 6.90. The van der Waals surface area contributed by atoms with E-state index < -0.39 is 11.5 Å². The van der Waals surface area contributed by atoms with Crippen LogP contribution in [0.3, 0.4) is 0 Å². The van der Waals surface area contributed by atoms with Crippen LogP contribution >= 0.6 is 11.3 Å². The Hall–Kier alpha value is -3.53. The van der Waals surface area contributed by atoms with Crippen molar-refractivity contribution in [3.05, 3.63) is 40.5 Å². The number of anilines is 1. The zero-order chi connectivity index (χ0) is 23.8. The lowest BCUT2D eigenvalue weighted by molar-refractivity contribution is 0.0580. The van der Waals surface area contributed by atoms with E-state index in [-0.39, 0.29) is 23.1 Å². The van der Waals surface area contributed by atoms with Crippen LogP contribution in [0.4, 0.5) is 5.13 Å². The molecule has 1 amide bonds. The Balaban J connectivity index is 1.78. The zero-order valence-corrected chi connectivity index (χ0v) is 19.8. The molecule has 33 heavy (non-hydrogen) atoms. The van der Waals surface area contributed by atoms with E-state index in [1.54, 1.807) is 12.1 Å². The molecular weight excluding hydrogens is 444 g/mol. The normalized spacial score (nSPS) is 13.4. The number of carbonyl (C=O) groups excluding carboxylic acids is 2. The molecule has 0 aliphatic carbocycles. The number of aromatic nitrogens is 3. The van der Waals surface area contributed by atoms with E-state index in [2.05, 4.69) is 15.3 Å². The molecule has 1 aliphatic rings. The van der Waals surface area contributed by atoms with Crippen LogP contribution in [0.15, 0.2) is 24.5 Å². The van der Waals surface area contributed by atoms with E-state index in [1.165, 1.54) is 38.8 Å². The molecule has 9 nitrogen and oxygen atoms in total. The molecule has 0 fully saturated rings. The molecule has 172 valence electrons. The Morgan fingerprint density at radius 3 is 2.36 bits per heavy atom. The summed E-state index contributed by atoms with van der Waals surface area (Å²) < 4.78 is 16.9. The summed E-state index contributed by atoms with van der Waals surface area (Å²) in [5.41, 5.74) is 1.56. The number of hydrogen-bond acceptors (Lipinski definition) is 9. The minimum atomic E-state index is -0.608. The SMILES string of the molecule is CCC1(CC)Oc2cc(C(C)=O)ccc2-c2nc(NC(=O)c3c(OC)ncnc3OC)sc21. The molecule has 0 atom stereocenters. The second-order valence-corrected chi connectivity index (χ2v) is 8.49.